The Labute approximate surface area is 176 Å². The van der Waals surface area contributed by atoms with Crippen LogP contribution in [0.2, 0.25) is 0 Å². The molecule has 0 radical (unpaired) electrons. The van der Waals surface area contributed by atoms with Crippen LogP contribution in [0.5, 0.6) is 0 Å². The van der Waals surface area contributed by atoms with Gasteiger partial charge in [0.05, 0.1) is 16.6 Å². The van der Waals surface area contributed by atoms with Crippen molar-refractivity contribution in [3.8, 4) is 0 Å². The maximum absolute atomic E-state index is 13.4. The number of hydrogen-bond acceptors (Lipinski definition) is 3. The zero-order chi connectivity index (χ0) is 21.9. The van der Waals surface area contributed by atoms with Gasteiger partial charge in [-0.25, -0.2) is 12.8 Å². The molecule has 0 aliphatic rings. The van der Waals surface area contributed by atoms with Gasteiger partial charge in [-0.05, 0) is 79.9 Å². The number of anilines is 1. The van der Waals surface area contributed by atoms with Crippen LogP contribution in [0.15, 0.2) is 71.6 Å². The molecule has 0 heterocycles. The first-order valence-corrected chi connectivity index (χ1v) is 10.9. The van der Waals surface area contributed by atoms with Crippen molar-refractivity contribution in [2.45, 2.75) is 31.7 Å². The first-order valence-electron chi connectivity index (χ1n) is 9.43. The monoisotopic (exact) mass is 426 g/mol. The molecule has 0 aliphatic heterocycles. The van der Waals surface area contributed by atoms with Crippen molar-refractivity contribution in [3.63, 3.8) is 0 Å². The highest BCUT2D eigenvalue weighted by atomic mass is 32.2. The van der Waals surface area contributed by atoms with E-state index in [1.165, 1.54) is 36.4 Å². The van der Waals surface area contributed by atoms with E-state index in [1.807, 2.05) is 19.9 Å². The normalized spacial score (nSPS) is 12.3. The fraction of sp³-hybridized carbons (Fsp3) is 0.174. The lowest BCUT2D eigenvalue weighted by molar-refractivity contribution is 0.0939. The van der Waals surface area contributed by atoms with Crippen LogP contribution >= 0.6 is 0 Å². The molecule has 0 aliphatic carbocycles. The Morgan fingerprint density at radius 2 is 1.63 bits per heavy atom. The maximum Gasteiger partial charge on any atom is 0.261 e. The fourth-order valence-electron chi connectivity index (χ4n) is 2.99. The van der Waals surface area contributed by atoms with Crippen LogP contribution in [0.25, 0.3) is 0 Å². The Bertz CT molecular complexity index is 1180. The molecule has 3 rings (SSSR count). The number of rotatable bonds is 6. The Kier molecular flexibility index (Phi) is 6.22. The maximum atomic E-state index is 13.4. The van der Waals surface area contributed by atoms with Gasteiger partial charge >= 0.3 is 0 Å². The molecule has 1 atom stereocenters. The van der Waals surface area contributed by atoms with Gasteiger partial charge in [0.15, 0.2) is 0 Å². The van der Waals surface area contributed by atoms with Crippen molar-refractivity contribution >= 4 is 21.6 Å². The predicted octanol–water partition coefficient (Wildman–Crippen LogP) is 4.73. The lowest BCUT2D eigenvalue weighted by atomic mass is 10.1. The molecule has 0 bridgehead atoms. The molecule has 1 amide bonds. The molecule has 0 saturated carbocycles. The van der Waals surface area contributed by atoms with Crippen LogP contribution in [0, 0.1) is 19.7 Å². The molecule has 5 nitrogen and oxygen atoms in total. The number of sulfonamides is 1. The summed E-state index contributed by atoms with van der Waals surface area (Å²) in [6.45, 7) is 5.51. The first-order chi connectivity index (χ1) is 14.2. The van der Waals surface area contributed by atoms with Gasteiger partial charge in [0, 0.05) is 5.56 Å². The summed E-state index contributed by atoms with van der Waals surface area (Å²) in [7, 11) is -3.79. The van der Waals surface area contributed by atoms with Crippen molar-refractivity contribution in [2.24, 2.45) is 0 Å². The lowest BCUT2D eigenvalue weighted by Crippen LogP contribution is -2.26. The third kappa shape index (κ3) is 4.86. The second-order valence-electron chi connectivity index (χ2n) is 7.13. The van der Waals surface area contributed by atoms with Gasteiger partial charge in [0.25, 0.3) is 15.9 Å². The summed E-state index contributed by atoms with van der Waals surface area (Å²) < 4.78 is 41.3. The predicted molar refractivity (Wildman–Crippen MR) is 115 cm³/mol. The molecule has 156 valence electrons. The highest BCUT2D eigenvalue weighted by Crippen LogP contribution is 2.22. The molecule has 3 aromatic rings. The van der Waals surface area contributed by atoms with Crippen LogP contribution < -0.4 is 10.0 Å². The average Bonchev–Trinajstić information content (AvgIpc) is 2.71. The third-order valence-electron chi connectivity index (χ3n) is 4.97. The quantitative estimate of drug-likeness (QED) is 0.598. The van der Waals surface area contributed by atoms with E-state index in [9.17, 15) is 17.6 Å². The van der Waals surface area contributed by atoms with Crippen LogP contribution in [0.3, 0.4) is 0 Å². The van der Waals surface area contributed by atoms with E-state index >= 15 is 0 Å². The van der Waals surface area contributed by atoms with Gasteiger partial charge in [-0.3, -0.25) is 9.52 Å². The second-order valence-corrected chi connectivity index (χ2v) is 8.81. The lowest BCUT2D eigenvalue weighted by Gasteiger charge is -2.15. The highest BCUT2D eigenvalue weighted by molar-refractivity contribution is 7.92. The van der Waals surface area contributed by atoms with Gasteiger partial charge in [-0.1, -0.05) is 24.3 Å². The van der Waals surface area contributed by atoms with Gasteiger partial charge in [-0.2, -0.15) is 0 Å². The summed E-state index contributed by atoms with van der Waals surface area (Å²) in [6.07, 6.45) is 0. The summed E-state index contributed by atoms with van der Waals surface area (Å²) in [6, 6.07) is 16.7. The first kappa shape index (κ1) is 21.5. The SMILES string of the molecule is Cc1cccc(NS(=O)(=O)c2ccc(C(=O)NC(C)c3cccc(F)c3)cc2)c1C. The van der Waals surface area contributed by atoms with E-state index in [0.717, 1.165) is 11.1 Å². The molecule has 1 unspecified atom stereocenters. The number of nitrogens with one attached hydrogen (secondary N) is 2. The largest absolute Gasteiger partial charge is 0.346 e. The number of aryl methyl sites for hydroxylation is 1. The van der Waals surface area contributed by atoms with Crippen molar-refractivity contribution in [2.75, 3.05) is 4.72 Å². The van der Waals surface area contributed by atoms with Crippen LogP contribution in [0.4, 0.5) is 10.1 Å². The Morgan fingerprint density at radius 3 is 2.30 bits per heavy atom. The molecule has 3 aromatic carbocycles. The number of carbonyl (C=O) groups excluding carboxylic acids is 1. The highest BCUT2D eigenvalue weighted by Gasteiger charge is 2.17. The van der Waals surface area contributed by atoms with Gasteiger partial charge in [-0.15, -0.1) is 0 Å². The van der Waals surface area contributed by atoms with Gasteiger partial charge < -0.3 is 5.32 Å². The molecular formula is C23H23FN2O3S. The molecule has 0 spiro atoms. The number of benzene rings is 3. The summed E-state index contributed by atoms with van der Waals surface area (Å²) in [5, 5.41) is 2.78. The van der Waals surface area contributed by atoms with Gasteiger partial charge in [0.1, 0.15) is 5.82 Å². The molecule has 7 heteroatoms. The summed E-state index contributed by atoms with van der Waals surface area (Å²) in [5.74, 6) is -0.752. The Hall–Kier alpha value is -3.19. The molecule has 0 aromatic heterocycles. The zero-order valence-electron chi connectivity index (χ0n) is 16.9. The number of amides is 1. The Morgan fingerprint density at radius 1 is 0.967 bits per heavy atom. The van der Waals surface area contributed by atoms with Crippen molar-refractivity contribution in [1.82, 2.24) is 5.32 Å². The standard InChI is InChI=1S/C23H23FN2O3S/c1-15-6-4-9-22(16(15)2)26-30(28,29)21-12-10-18(11-13-21)23(27)25-17(3)19-7-5-8-20(24)14-19/h4-14,17,26H,1-3H3,(H,25,27). The average molecular weight is 427 g/mol. The van der Waals surface area contributed by atoms with E-state index in [0.29, 0.717) is 16.8 Å². The van der Waals surface area contributed by atoms with E-state index in [1.54, 1.807) is 31.2 Å². The minimum absolute atomic E-state index is 0.0538. The zero-order valence-corrected chi connectivity index (χ0v) is 17.8. The minimum atomic E-state index is -3.79. The smallest absolute Gasteiger partial charge is 0.261 e. The molecular weight excluding hydrogens is 403 g/mol. The van der Waals surface area contributed by atoms with E-state index in [2.05, 4.69) is 10.0 Å². The fourth-order valence-corrected chi connectivity index (χ4v) is 4.11. The number of halogens is 1. The second kappa shape index (κ2) is 8.67. The summed E-state index contributed by atoms with van der Waals surface area (Å²) in [5.41, 5.74) is 3.29. The molecule has 2 N–H and O–H groups in total. The van der Waals surface area contributed by atoms with Crippen molar-refractivity contribution < 1.29 is 17.6 Å². The van der Waals surface area contributed by atoms with Gasteiger partial charge in [0.2, 0.25) is 0 Å². The minimum Gasteiger partial charge on any atom is -0.346 e. The molecule has 0 fully saturated rings. The summed E-state index contributed by atoms with van der Waals surface area (Å²) in [4.78, 5) is 12.5. The van der Waals surface area contributed by atoms with Crippen molar-refractivity contribution in [3.05, 3.63) is 94.8 Å². The van der Waals surface area contributed by atoms with E-state index in [-0.39, 0.29) is 16.6 Å². The molecule has 30 heavy (non-hydrogen) atoms. The Balaban J connectivity index is 1.73. The number of carbonyl (C=O) groups is 1. The molecule has 0 saturated heterocycles. The topological polar surface area (TPSA) is 75.3 Å². The summed E-state index contributed by atoms with van der Waals surface area (Å²) >= 11 is 0. The van der Waals surface area contributed by atoms with Crippen LogP contribution in [-0.2, 0) is 10.0 Å². The van der Waals surface area contributed by atoms with Crippen LogP contribution in [-0.4, -0.2) is 14.3 Å². The van der Waals surface area contributed by atoms with E-state index < -0.39 is 16.1 Å². The third-order valence-corrected chi connectivity index (χ3v) is 6.35. The van der Waals surface area contributed by atoms with E-state index in [4.69, 9.17) is 0 Å². The van der Waals surface area contributed by atoms with Crippen molar-refractivity contribution in [1.29, 1.82) is 0 Å². The number of hydrogen-bond donors (Lipinski definition) is 2. The van der Waals surface area contributed by atoms with Crippen LogP contribution in [0.1, 0.15) is 40.0 Å².